The van der Waals surface area contributed by atoms with Crippen molar-refractivity contribution in [2.45, 2.75) is 88.0 Å². The number of methoxy groups -OCH3 is 1. The van der Waals surface area contributed by atoms with Crippen molar-refractivity contribution in [2.24, 2.45) is 17.8 Å². The van der Waals surface area contributed by atoms with Crippen LogP contribution in [0.4, 0.5) is 5.69 Å². The summed E-state index contributed by atoms with van der Waals surface area (Å²) < 4.78 is 18.7. The van der Waals surface area contributed by atoms with Gasteiger partial charge in [-0.15, -0.1) is 0 Å². The summed E-state index contributed by atoms with van der Waals surface area (Å²) in [6, 6.07) is 14.0. The molecule has 4 aliphatic rings. The first-order chi connectivity index (χ1) is 23.6. The summed E-state index contributed by atoms with van der Waals surface area (Å²) in [7, 11) is 1.87. The van der Waals surface area contributed by atoms with Gasteiger partial charge in [0.2, 0.25) is 0 Å². The van der Waals surface area contributed by atoms with E-state index in [2.05, 4.69) is 33.1 Å². The number of anilines is 1. The first-order valence-corrected chi connectivity index (χ1v) is 19.1. The highest BCUT2D eigenvalue weighted by molar-refractivity contribution is 7.99. The monoisotopic (exact) mass is 701 g/mol. The van der Waals surface area contributed by atoms with Crippen molar-refractivity contribution in [3.05, 3.63) is 88.2 Å². The number of rotatable bonds is 10. The lowest BCUT2D eigenvalue weighted by Crippen LogP contribution is -2.50. The first-order valence-electron chi connectivity index (χ1n) is 17.8. The molecule has 0 saturated heterocycles. The predicted molar refractivity (Wildman–Crippen MR) is 196 cm³/mol. The summed E-state index contributed by atoms with van der Waals surface area (Å²) in [6.45, 7) is 8.01. The summed E-state index contributed by atoms with van der Waals surface area (Å²) in [4.78, 5) is 24.5. The number of hydrogen-bond donors (Lipinski definition) is 0. The van der Waals surface area contributed by atoms with Crippen molar-refractivity contribution in [3.8, 4) is 5.75 Å². The Morgan fingerprint density at radius 2 is 1.98 bits per heavy atom. The minimum absolute atomic E-state index is 0.141. The number of aryl methyl sites for hydroxylation is 1. The minimum atomic E-state index is -0.574. The number of thioether (sulfide) groups is 1. The van der Waals surface area contributed by atoms with E-state index in [0.29, 0.717) is 29.9 Å². The Bertz CT molecular complexity index is 1690. The second-order valence-corrected chi connectivity index (χ2v) is 16.8. The van der Waals surface area contributed by atoms with Gasteiger partial charge in [0.05, 0.1) is 24.0 Å². The fourth-order valence-corrected chi connectivity index (χ4v) is 9.38. The Labute approximate surface area is 300 Å². The standard InChI is InChI=1S/C40H48ClN3O4S/c1-39(2,3)48-37(45)28-9-13-35-34(22-28)44(24-40(25-47-35)15-5-7-27-21-31(41)10-12-33(27)40)23-29-8-11-32(29)36(46-4)30-19-26(20-30)14-18-49-38-42-16-6-17-43-38/h6,9-10,12-13,16-17,19,21-22,26,29,32,36H,5,7-8,11,14-15,18,20,23-25H2,1-4H3/t26?,29-,32+,36+,40-/m0/s1. The van der Waals surface area contributed by atoms with E-state index in [1.54, 1.807) is 24.2 Å². The normalized spacial score (nSPS) is 25.1. The number of nitrogens with zero attached hydrogens (tertiary/aromatic N) is 3. The molecule has 7 rings (SSSR count). The largest absolute Gasteiger partial charge is 0.490 e. The predicted octanol–water partition coefficient (Wildman–Crippen LogP) is 8.73. The maximum atomic E-state index is 13.3. The molecule has 1 aliphatic heterocycles. The second-order valence-electron chi connectivity index (χ2n) is 15.3. The van der Waals surface area contributed by atoms with Crippen molar-refractivity contribution in [3.63, 3.8) is 0 Å². The highest BCUT2D eigenvalue weighted by atomic mass is 35.5. The number of carbonyl (C=O) groups is 1. The van der Waals surface area contributed by atoms with Crippen LogP contribution >= 0.6 is 23.4 Å². The number of esters is 1. The second kappa shape index (κ2) is 14.3. The molecule has 1 saturated carbocycles. The lowest BCUT2D eigenvalue weighted by atomic mass is 9.65. The van der Waals surface area contributed by atoms with Gasteiger partial charge in [-0.05, 0) is 137 Å². The maximum Gasteiger partial charge on any atom is 0.338 e. The number of fused-ring (bicyclic) bond motifs is 3. The van der Waals surface area contributed by atoms with Crippen LogP contribution in [0.2, 0.25) is 5.02 Å². The van der Waals surface area contributed by atoms with E-state index in [1.807, 2.05) is 58.2 Å². The van der Waals surface area contributed by atoms with Crippen LogP contribution in [-0.4, -0.2) is 60.2 Å². The van der Waals surface area contributed by atoms with Crippen LogP contribution in [0.5, 0.6) is 5.75 Å². The van der Waals surface area contributed by atoms with E-state index in [4.69, 9.17) is 25.8 Å². The quantitative estimate of drug-likeness (QED) is 0.0900. The SMILES string of the molecule is CO[C@H](C1=CC(CCSc2ncccn2)C1)[C@@H]1CC[C@H]1CN1C[C@@]2(CCCc3cc(Cl)ccc32)COc2ccc(C(=O)OC(C)(C)C)cc21. The highest BCUT2D eigenvalue weighted by Crippen LogP contribution is 2.49. The van der Waals surface area contributed by atoms with E-state index >= 15 is 0 Å². The zero-order valence-electron chi connectivity index (χ0n) is 29.1. The third-order valence-corrected chi connectivity index (χ3v) is 12.0. The molecule has 2 heterocycles. The van der Waals surface area contributed by atoms with E-state index in [-0.39, 0.29) is 17.5 Å². The van der Waals surface area contributed by atoms with Gasteiger partial charge in [-0.3, -0.25) is 0 Å². The molecule has 1 unspecified atom stereocenters. The van der Waals surface area contributed by atoms with Crippen molar-refractivity contribution < 1.29 is 19.0 Å². The van der Waals surface area contributed by atoms with Crippen molar-refractivity contribution in [1.82, 2.24) is 9.97 Å². The molecule has 49 heavy (non-hydrogen) atoms. The third kappa shape index (κ3) is 7.52. The number of halogens is 1. The van der Waals surface area contributed by atoms with Gasteiger partial charge < -0.3 is 19.1 Å². The molecule has 0 N–H and O–H groups in total. The van der Waals surface area contributed by atoms with Crippen molar-refractivity contribution in [1.29, 1.82) is 0 Å². The summed E-state index contributed by atoms with van der Waals surface area (Å²) in [5.41, 5.74) is 4.90. The van der Waals surface area contributed by atoms with Crippen LogP contribution < -0.4 is 9.64 Å². The fraction of sp³-hybridized carbons (Fsp3) is 0.525. The van der Waals surface area contributed by atoms with Crippen LogP contribution in [0.1, 0.15) is 80.8 Å². The van der Waals surface area contributed by atoms with Crippen LogP contribution in [0.15, 0.2) is 71.7 Å². The highest BCUT2D eigenvalue weighted by Gasteiger charge is 2.45. The van der Waals surface area contributed by atoms with Crippen LogP contribution in [-0.2, 0) is 21.3 Å². The van der Waals surface area contributed by atoms with Crippen LogP contribution in [0.25, 0.3) is 0 Å². The number of carbonyl (C=O) groups excluding carboxylic acids is 1. The Morgan fingerprint density at radius 1 is 1.16 bits per heavy atom. The van der Waals surface area contributed by atoms with Gasteiger partial charge in [-0.2, -0.15) is 0 Å². The van der Waals surface area contributed by atoms with E-state index in [0.717, 1.165) is 85.4 Å². The number of aromatic nitrogens is 2. The van der Waals surface area contributed by atoms with Gasteiger partial charge in [0.25, 0.3) is 0 Å². The minimum Gasteiger partial charge on any atom is -0.490 e. The average Bonchev–Trinajstić information content (AvgIpc) is 3.19. The van der Waals surface area contributed by atoms with Gasteiger partial charge in [-0.25, -0.2) is 14.8 Å². The van der Waals surface area contributed by atoms with Gasteiger partial charge in [0.1, 0.15) is 11.4 Å². The molecule has 7 nitrogen and oxygen atoms in total. The summed E-state index contributed by atoms with van der Waals surface area (Å²) in [5.74, 6) is 3.04. The number of ether oxygens (including phenoxy) is 3. The smallest absolute Gasteiger partial charge is 0.338 e. The van der Waals surface area contributed by atoms with Gasteiger partial charge in [0, 0.05) is 48.8 Å². The zero-order valence-corrected chi connectivity index (χ0v) is 30.7. The molecule has 0 amide bonds. The molecule has 2 aromatic carbocycles. The molecular weight excluding hydrogens is 654 g/mol. The molecule has 1 fully saturated rings. The lowest BCUT2D eigenvalue weighted by Gasteiger charge is -2.48. The lowest BCUT2D eigenvalue weighted by molar-refractivity contribution is 0.000517. The molecule has 1 spiro atoms. The Hall–Kier alpha value is -3.07. The zero-order chi connectivity index (χ0) is 34.2. The van der Waals surface area contributed by atoms with E-state index in [1.165, 1.54) is 16.7 Å². The molecular formula is C40H48ClN3O4S. The van der Waals surface area contributed by atoms with Crippen LogP contribution in [0.3, 0.4) is 0 Å². The molecule has 3 aromatic rings. The number of benzene rings is 2. The van der Waals surface area contributed by atoms with Gasteiger partial charge in [0.15, 0.2) is 5.16 Å². The van der Waals surface area contributed by atoms with Crippen molar-refractivity contribution >= 4 is 35.0 Å². The molecule has 1 aromatic heterocycles. The molecule has 9 heteroatoms. The molecule has 260 valence electrons. The van der Waals surface area contributed by atoms with Gasteiger partial charge >= 0.3 is 5.97 Å². The summed E-state index contributed by atoms with van der Waals surface area (Å²) in [6.07, 6.45) is 13.9. The average molecular weight is 702 g/mol. The van der Waals surface area contributed by atoms with E-state index < -0.39 is 5.60 Å². The van der Waals surface area contributed by atoms with Gasteiger partial charge in [-0.1, -0.05) is 35.5 Å². The van der Waals surface area contributed by atoms with Crippen molar-refractivity contribution in [2.75, 3.05) is 37.5 Å². The molecule has 3 aliphatic carbocycles. The van der Waals surface area contributed by atoms with E-state index in [9.17, 15) is 4.79 Å². The number of hydrogen-bond acceptors (Lipinski definition) is 8. The van der Waals surface area contributed by atoms with Crippen LogP contribution in [0, 0.1) is 17.8 Å². The fourth-order valence-electron chi connectivity index (χ4n) is 8.31. The summed E-state index contributed by atoms with van der Waals surface area (Å²) >= 11 is 8.21. The Morgan fingerprint density at radius 3 is 2.71 bits per heavy atom. The Balaban J connectivity index is 1.11. The third-order valence-electron chi connectivity index (χ3n) is 10.8. The molecule has 5 atom stereocenters. The molecule has 0 bridgehead atoms. The Kier molecular flexibility index (Phi) is 10.0. The first kappa shape index (κ1) is 34.4. The topological polar surface area (TPSA) is 73.8 Å². The summed E-state index contributed by atoms with van der Waals surface area (Å²) in [5, 5.41) is 1.63. The molecule has 0 radical (unpaired) electrons. The number of allylic oxidation sites excluding steroid dienone is 1. The maximum absolute atomic E-state index is 13.3.